The highest BCUT2D eigenvalue weighted by molar-refractivity contribution is 9.10. The minimum absolute atomic E-state index is 0.0670. The Labute approximate surface area is 130 Å². The highest BCUT2D eigenvalue weighted by Crippen LogP contribution is 2.41. The summed E-state index contributed by atoms with van der Waals surface area (Å²) in [6.45, 7) is 1.05. The van der Waals surface area contributed by atoms with E-state index in [1.54, 1.807) is 0 Å². The van der Waals surface area contributed by atoms with E-state index < -0.39 is 0 Å². The van der Waals surface area contributed by atoms with Gasteiger partial charge in [-0.1, -0.05) is 34.5 Å². The lowest BCUT2D eigenvalue weighted by Crippen LogP contribution is -2.32. The van der Waals surface area contributed by atoms with Crippen molar-refractivity contribution in [1.82, 2.24) is 5.32 Å². The molecule has 3 rings (SSSR count). The topological polar surface area (TPSA) is 32.3 Å². The Bertz CT molecular complexity index is 429. The molecule has 0 spiro atoms. The fraction of sp³-hybridized carbons (Fsp3) is 0.647. The lowest BCUT2D eigenvalue weighted by molar-refractivity contribution is 0.0993. The lowest BCUT2D eigenvalue weighted by atomic mass is 9.87. The molecule has 0 saturated heterocycles. The van der Waals surface area contributed by atoms with Gasteiger partial charge in [0, 0.05) is 10.5 Å². The van der Waals surface area contributed by atoms with Crippen molar-refractivity contribution in [2.75, 3.05) is 6.54 Å². The molecule has 0 heterocycles. The average Bonchev–Trinajstić information content (AvgIpc) is 3.26. The molecule has 110 valence electrons. The van der Waals surface area contributed by atoms with Gasteiger partial charge in [-0.15, -0.1) is 0 Å². The van der Waals surface area contributed by atoms with Crippen LogP contribution in [0, 0.1) is 11.8 Å². The smallest absolute Gasteiger partial charge is 0.0543 e. The van der Waals surface area contributed by atoms with Crippen LogP contribution in [0.15, 0.2) is 28.7 Å². The van der Waals surface area contributed by atoms with Crippen LogP contribution in [0.4, 0.5) is 0 Å². The van der Waals surface area contributed by atoms with Gasteiger partial charge in [0.15, 0.2) is 0 Å². The zero-order valence-electron chi connectivity index (χ0n) is 11.9. The summed E-state index contributed by atoms with van der Waals surface area (Å²) in [6, 6.07) is 9.24. The van der Waals surface area contributed by atoms with Crippen LogP contribution in [0.25, 0.3) is 0 Å². The summed E-state index contributed by atoms with van der Waals surface area (Å²) in [5.74, 6) is 1.46. The van der Waals surface area contributed by atoms with E-state index in [1.807, 2.05) is 0 Å². The monoisotopic (exact) mass is 337 g/mol. The molecule has 2 nitrogen and oxygen atoms in total. The molecule has 0 radical (unpaired) electrons. The van der Waals surface area contributed by atoms with Gasteiger partial charge in [0.1, 0.15) is 0 Å². The van der Waals surface area contributed by atoms with Gasteiger partial charge in [-0.3, -0.25) is 0 Å². The number of aliphatic hydroxyl groups is 1. The van der Waals surface area contributed by atoms with Crippen molar-refractivity contribution in [3.05, 3.63) is 34.3 Å². The molecular weight excluding hydrogens is 314 g/mol. The Kier molecular flexibility index (Phi) is 4.79. The minimum atomic E-state index is -0.0670. The lowest BCUT2D eigenvalue weighted by Gasteiger charge is -2.28. The fourth-order valence-electron chi connectivity index (χ4n) is 3.40. The summed E-state index contributed by atoms with van der Waals surface area (Å²) in [4.78, 5) is 0. The van der Waals surface area contributed by atoms with Crippen molar-refractivity contribution in [2.24, 2.45) is 11.8 Å². The maximum Gasteiger partial charge on any atom is 0.0543 e. The minimum Gasteiger partial charge on any atom is -0.393 e. The molecule has 0 aliphatic heterocycles. The molecule has 2 saturated carbocycles. The number of rotatable bonds is 5. The maximum absolute atomic E-state index is 9.78. The van der Waals surface area contributed by atoms with Gasteiger partial charge in [0.2, 0.25) is 0 Å². The van der Waals surface area contributed by atoms with Gasteiger partial charge in [-0.2, -0.15) is 0 Å². The Morgan fingerprint density at radius 3 is 2.55 bits per heavy atom. The Morgan fingerprint density at radius 2 is 1.90 bits per heavy atom. The molecule has 3 heteroatoms. The first-order chi connectivity index (χ1) is 9.72. The standard InChI is InChI=1S/C17H24BrNO/c18-15-8-6-14(7-9-15)17(13-4-5-13)19-11-12-2-1-3-16(20)10-12/h6-9,12-13,16-17,19-20H,1-5,10-11H2. The number of aliphatic hydroxyl groups excluding tert-OH is 1. The van der Waals surface area contributed by atoms with E-state index in [-0.39, 0.29) is 6.10 Å². The second kappa shape index (κ2) is 6.59. The van der Waals surface area contributed by atoms with E-state index in [0.717, 1.165) is 29.8 Å². The SMILES string of the molecule is OC1CCCC(CNC(c2ccc(Br)cc2)C2CC2)C1. The van der Waals surface area contributed by atoms with Crippen LogP contribution in [0.3, 0.4) is 0 Å². The van der Waals surface area contributed by atoms with E-state index in [0.29, 0.717) is 12.0 Å². The largest absolute Gasteiger partial charge is 0.393 e. The van der Waals surface area contributed by atoms with Crippen molar-refractivity contribution in [3.8, 4) is 0 Å². The van der Waals surface area contributed by atoms with Crippen LogP contribution in [0.2, 0.25) is 0 Å². The van der Waals surface area contributed by atoms with Gasteiger partial charge < -0.3 is 10.4 Å². The second-order valence-electron chi connectivity index (χ2n) is 6.46. The molecule has 0 bridgehead atoms. The van der Waals surface area contributed by atoms with Gasteiger partial charge >= 0.3 is 0 Å². The van der Waals surface area contributed by atoms with Gasteiger partial charge in [0.25, 0.3) is 0 Å². The second-order valence-corrected chi connectivity index (χ2v) is 7.38. The molecule has 2 aliphatic carbocycles. The predicted molar refractivity (Wildman–Crippen MR) is 85.6 cm³/mol. The van der Waals surface area contributed by atoms with E-state index in [1.165, 1.54) is 31.2 Å². The van der Waals surface area contributed by atoms with Crippen LogP contribution < -0.4 is 5.32 Å². The highest BCUT2D eigenvalue weighted by atomic mass is 79.9. The molecule has 1 aromatic rings. The van der Waals surface area contributed by atoms with Crippen LogP contribution in [-0.2, 0) is 0 Å². The number of halogens is 1. The van der Waals surface area contributed by atoms with E-state index in [9.17, 15) is 5.11 Å². The zero-order valence-corrected chi connectivity index (χ0v) is 13.5. The average molecular weight is 338 g/mol. The Morgan fingerprint density at radius 1 is 1.15 bits per heavy atom. The molecule has 0 amide bonds. The van der Waals surface area contributed by atoms with Crippen LogP contribution in [-0.4, -0.2) is 17.8 Å². The van der Waals surface area contributed by atoms with Crippen LogP contribution in [0.5, 0.6) is 0 Å². The summed E-state index contributed by atoms with van der Waals surface area (Å²) >= 11 is 3.51. The van der Waals surface area contributed by atoms with Crippen LogP contribution >= 0.6 is 15.9 Å². The number of nitrogens with one attached hydrogen (secondary N) is 1. The molecule has 3 atom stereocenters. The molecule has 2 aliphatic rings. The molecule has 0 aromatic heterocycles. The summed E-state index contributed by atoms with van der Waals surface area (Å²) in [5, 5.41) is 13.6. The number of benzene rings is 1. The fourth-order valence-corrected chi connectivity index (χ4v) is 3.66. The molecule has 20 heavy (non-hydrogen) atoms. The molecule has 1 aromatic carbocycles. The van der Waals surface area contributed by atoms with Crippen molar-refractivity contribution < 1.29 is 5.11 Å². The summed E-state index contributed by atoms with van der Waals surface area (Å²) in [5.41, 5.74) is 1.41. The first-order valence-electron chi connectivity index (χ1n) is 7.89. The first kappa shape index (κ1) is 14.6. The molecular formula is C17H24BrNO. The summed E-state index contributed by atoms with van der Waals surface area (Å²) in [7, 11) is 0. The summed E-state index contributed by atoms with van der Waals surface area (Å²) < 4.78 is 1.14. The third kappa shape index (κ3) is 3.84. The predicted octanol–water partition coefficient (Wildman–Crippen LogP) is 4.04. The number of hydrogen-bond donors (Lipinski definition) is 2. The maximum atomic E-state index is 9.78. The zero-order chi connectivity index (χ0) is 13.9. The van der Waals surface area contributed by atoms with Crippen LogP contribution in [0.1, 0.15) is 50.1 Å². The molecule has 3 unspecified atom stereocenters. The third-order valence-corrected chi connectivity index (χ3v) is 5.23. The quantitative estimate of drug-likeness (QED) is 0.849. The normalized spacial score (nSPS) is 28.3. The first-order valence-corrected chi connectivity index (χ1v) is 8.68. The Hall–Kier alpha value is -0.380. The van der Waals surface area contributed by atoms with Crippen molar-refractivity contribution in [1.29, 1.82) is 0 Å². The van der Waals surface area contributed by atoms with Crippen molar-refractivity contribution in [3.63, 3.8) is 0 Å². The third-order valence-electron chi connectivity index (χ3n) is 4.70. The molecule has 2 fully saturated rings. The summed E-state index contributed by atoms with van der Waals surface area (Å²) in [6.07, 6.45) is 7.05. The van der Waals surface area contributed by atoms with Gasteiger partial charge in [0.05, 0.1) is 6.10 Å². The Balaban J connectivity index is 1.59. The van der Waals surface area contributed by atoms with Gasteiger partial charge in [-0.05, 0) is 68.2 Å². The van der Waals surface area contributed by atoms with Gasteiger partial charge in [-0.25, -0.2) is 0 Å². The van der Waals surface area contributed by atoms with Crippen molar-refractivity contribution in [2.45, 2.75) is 50.7 Å². The van der Waals surface area contributed by atoms with E-state index in [4.69, 9.17) is 0 Å². The van der Waals surface area contributed by atoms with E-state index in [2.05, 4.69) is 45.5 Å². The van der Waals surface area contributed by atoms with E-state index >= 15 is 0 Å². The highest BCUT2D eigenvalue weighted by Gasteiger charge is 2.32. The number of hydrogen-bond acceptors (Lipinski definition) is 2. The van der Waals surface area contributed by atoms with Crippen molar-refractivity contribution >= 4 is 15.9 Å². The molecule has 2 N–H and O–H groups in total.